The van der Waals surface area contributed by atoms with E-state index in [0.29, 0.717) is 5.56 Å². The van der Waals surface area contributed by atoms with Gasteiger partial charge in [0.2, 0.25) is 0 Å². The lowest BCUT2D eigenvalue weighted by molar-refractivity contribution is -0.384. The van der Waals surface area contributed by atoms with Gasteiger partial charge in [-0.05, 0) is 11.6 Å². The number of carbonyl (C=O) groups excluding carboxylic acids is 2. The van der Waals surface area contributed by atoms with E-state index in [2.05, 4.69) is 4.74 Å². The van der Waals surface area contributed by atoms with Crippen LogP contribution in [0.3, 0.4) is 0 Å². The molecule has 6 heteroatoms. The fraction of sp³-hybridized carbons (Fsp3) is 0.286. The van der Waals surface area contributed by atoms with E-state index < -0.39 is 10.9 Å². The first-order valence-corrected chi connectivity index (χ1v) is 5.95. The molecule has 0 aliphatic heterocycles. The van der Waals surface area contributed by atoms with Crippen molar-refractivity contribution in [2.75, 3.05) is 7.11 Å². The molecule has 0 radical (unpaired) electrons. The third-order valence-corrected chi connectivity index (χ3v) is 2.59. The Kier molecular flexibility index (Phi) is 5.14. The Morgan fingerprint density at radius 1 is 1.35 bits per heavy atom. The smallest absolute Gasteiger partial charge is 0.341 e. The first kappa shape index (κ1) is 15.6. The molecule has 0 fully saturated rings. The number of rotatable bonds is 5. The highest BCUT2D eigenvalue weighted by Crippen LogP contribution is 2.18. The fourth-order valence-corrected chi connectivity index (χ4v) is 1.55. The fourth-order valence-electron chi connectivity index (χ4n) is 1.55. The summed E-state index contributed by atoms with van der Waals surface area (Å²) < 4.78 is 4.57. The number of benzene rings is 1. The Morgan fingerprint density at radius 2 is 2.00 bits per heavy atom. The van der Waals surface area contributed by atoms with E-state index in [0.717, 1.165) is 0 Å². The van der Waals surface area contributed by atoms with Crippen LogP contribution in [-0.4, -0.2) is 23.8 Å². The molecule has 0 bridgehead atoms. The Balaban J connectivity index is 3.26. The maximum absolute atomic E-state index is 12.0. The molecule has 0 aromatic heterocycles. The lowest BCUT2D eigenvalue weighted by Crippen LogP contribution is -2.18. The van der Waals surface area contributed by atoms with Crippen molar-refractivity contribution in [3.05, 3.63) is 45.5 Å². The van der Waals surface area contributed by atoms with Gasteiger partial charge in [-0.3, -0.25) is 14.9 Å². The quantitative estimate of drug-likeness (QED) is 0.206. The highest BCUT2D eigenvalue weighted by molar-refractivity contribution is 6.21. The van der Waals surface area contributed by atoms with Crippen LogP contribution in [0.15, 0.2) is 29.8 Å². The van der Waals surface area contributed by atoms with Crippen LogP contribution in [0.4, 0.5) is 5.69 Å². The molecule has 1 aromatic carbocycles. The number of nitro benzene ring substituents is 1. The van der Waals surface area contributed by atoms with Gasteiger partial charge in [0.25, 0.3) is 5.69 Å². The molecular formula is C14H15NO5. The summed E-state index contributed by atoms with van der Waals surface area (Å²) in [6.07, 6.45) is 1.31. The van der Waals surface area contributed by atoms with E-state index >= 15 is 0 Å². The van der Waals surface area contributed by atoms with Crippen molar-refractivity contribution in [2.45, 2.75) is 13.8 Å². The average Bonchev–Trinajstić information content (AvgIpc) is 2.43. The number of ether oxygens (including phenoxy) is 1. The SMILES string of the molecule is COC(=O)C(=Cc1cccc([N+](=O)[O-])c1)C(=O)C(C)C. The second kappa shape index (κ2) is 6.60. The molecule has 0 spiro atoms. The molecule has 0 N–H and O–H groups in total. The van der Waals surface area contributed by atoms with Crippen LogP contribution < -0.4 is 0 Å². The summed E-state index contributed by atoms with van der Waals surface area (Å²) >= 11 is 0. The molecule has 0 unspecified atom stereocenters. The third-order valence-electron chi connectivity index (χ3n) is 2.59. The van der Waals surface area contributed by atoms with Crippen LogP contribution in [0, 0.1) is 16.0 Å². The van der Waals surface area contributed by atoms with Crippen molar-refractivity contribution in [3.8, 4) is 0 Å². The molecule has 0 aliphatic carbocycles. The van der Waals surface area contributed by atoms with Gasteiger partial charge in [0, 0.05) is 18.1 Å². The number of non-ortho nitro benzene ring substituents is 1. The number of nitro groups is 1. The Hall–Kier alpha value is -2.50. The highest BCUT2D eigenvalue weighted by atomic mass is 16.6. The number of hydrogen-bond donors (Lipinski definition) is 0. The van der Waals surface area contributed by atoms with Gasteiger partial charge < -0.3 is 4.74 Å². The number of ketones is 1. The molecule has 0 amide bonds. The molecule has 106 valence electrons. The molecule has 0 saturated heterocycles. The molecule has 6 nitrogen and oxygen atoms in total. The van der Waals surface area contributed by atoms with E-state index in [-0.39, 0.29) is 23.0 Å². The number of hydrogen-bond acceptors (Lipinski definition) is 5. The van der Waals surface area contributed by atoms with Gasteiger partial charge >= 0.3 is 5.97 Å². The first-order chi connectivity index (χ1) is 9.36. The monoisotopic (exact) mass is 277 g/mol. The van der Waals surface area contributed by atoms with Crippen molar-refractivity contribution >= 4 is 23.5 Å². The van der Waals surface area contributed by atoms with Gasteiger partial charge in [0.1, 0.15) is 5.57 Å². The molecule has 0 heterocycles. The summed E-state index contributed by atoms with van der Waals surface area (Å²) in [6, 6.07) is 5.68. The third kappa shape index (κ3) is 3.74. The molecule has 1 aromatic rings. The molecule has 0 saturated carbocycles. The Bertz CT molecular complexity index is 575. The van der Waals surface area contributed by atoms with Crippen molar-refractivity contribution in [1.29, 1.82) is 0 Å². The Labute approximate surface area is 116 Å². The summed E-state index contributed by atoms with van der Waals surface area (Å²) in [5, 5.41) is 10.7. The van der Waals surface area contributed by atoms with Crippen molar-refractivity contribution in [2.24, 2.45) is 5.92 Å². The van der Waals surface area contributed by atoms with E-state index in [1.807, 2.05) is 0 Å². The second-order valence-corrected chi connectivity index (χ2v) is 4.42. The van der Waals surface area contributed by atoms with Gasteiger partial charge in [0.05, 0.1) is 12.0 Å². The van der Waals surface area contributed by atoms with E-state index in [1.165, 1.54) is 31.4 Å². The highest BCUT2D eigenvalue weighted by Gasteiger charge is 2.21. The van der Waals surface area contributed by atoms with Crippen LogP contribution >= 0.6 is 0 Å². The summed E-state index contributed by atoms with van der Waals surface area (Å²) in [5.74, 6) is -1.50. The van der Waals surface area contributed by atoms with Crippen molar-refractivity contribution < 1.29 is 19.2 Å². The lowest BCUT2D eigenvalue weighted by Gasteiger charge is -2.07. The summed E-state index contributed by atoms with van der Waals surface area (Å²) in [6.45, 7) is 3.32. The van der Waals surface area contributed by atoms with Gasteiger partial charge in [0.15, 0.2) is 5.78 Å². The molecule has 1 rings (SSSR count). The number of nitrogens with zero attached hydrogens (tertiary/aromatic N) is 1. The van der Waals surface area contributed by atoms with Gasteiger partial charge in [-0.15, -0.1) is 0 Å². The molecular weight excluding hydrogens is 262 g/mol. The van der Waals surface area contributed by atoms with Crippen molar-refractivity contribution in [3.63, 3.8) is 0 Å². The van der Waals surface area contributed by atoms with Crippen LogP contribution in [0.5, 0.6) is 0 Å². The van der Waals surface area contributed by atoms with Gasteiger partial charge in [-0.25, -0.2) is 4.79 Å². The number of esters is 1. The minimum Gasteiger partial charge on any atom is -0.465 e. The normalized spacial score (nSPS) is 11.3. The number of methoxy groups -OCH3 is 1. The summed E-state index contributed by atoms with van der Waals surface area (Å²) in [5.41, 5.74) is 0.163. The van der Waals surface area contributed by atoms with Crippen LogP contribution in [0.2, 0.25) is 0 Å². The largest absolute Gasteiger partial charge is 0.465 e. The Morgan fingerprint density at radius 3 is 2.50 bits per heavy atom. The lowest BCUT2D eigenvalue weighted by atomic mass is 9.99. The topological polar surface area (TPSA) is 86.5 Å². The molecule has 0 aliphatic rings. The number of Topliss-reactive ketones (excluding diaryl/α,β-unsaturated/α-hetero) is 1. The zero-order valence-electron chi connectivity index (χ0n) is 11.5. The number of carbonyl (C=O) groups is 2. The minimum absolute atomic E-state index is 0.111. The van der Waals surface area contributed by atoms with E-state index in [4.69, 9.17) is 0 Å². The maximum atomic E-state index is 12.0. The van der Waals surface area contributed by atoms with Crippen molar-refractivity contribution in [1.82, 2.24) is 0 Å². The van der Waals surface area contributed by atoms with E-state index in [1.54, 1.807) is 19.9 Å². The predicted octanol–water partition coefficient (Wildman–Crippen LogP) is 2.38. The van der Waals surface area contributed by atoms with Crippen LogP contribution in [0.1, 0.15) is 19.4 Å². The summed E-state index contributed by atoms with van der Waals surface area (Å²) in [4.78, 5) is 33.8. The second-order valence-electron chi connectivity index (χ2n) is 4.42. The van der Waals surface area contributed by atoms with Crippen LogP contribution in [0.25, 0.3) is 6.08 Å². The van der Waals surface area contributed by atoms with Gasteiger partial charge in [-0.2, -0.15) is 0 Å². The van der Waals surface area contributed by atoms with E-state index in [9.17, 15) is 19.7 Å². The zero-order chi connectivity index (χ0) is 15.3. The molecule has 0 atom stereocenters. The van der Waals surface area contributed by atoms with Gasteiger partial charge in [-0.1, -0.05) is 26.0 Å². The maximum Gasteiger partial charge on any atom is 0.341 e. The summed E-state index contributed by atoms with van der Waals surface area (Å²) in [7, 11) is 1.18. The predicted molar refractivity (Wildman–Crippen MR) is 72.9 cm³/mol. The minimum atomic E-state index is -0.754. The van der Waals surface area contributed by atoms with Crippen LogP contribution in [-0.2, 0) is 14.3 Å². The zero-order valence-corrected chi connectivity index (χ0v) is 11.5. The first-order valence-electron chi connectivity index (χ1n) is 5.95. The average molecular weight is 277 g/mol. The standard InChI is InChI=1S/C14H15NO5/c1-9(2)13(16)12(14(17)20-3)8-10-5-4-6-11(7-10)15(18)19/h4-9H,1-3H3. The molecule has 20 heavy (non-hydrogen) atoms.